The van der Waals surface area contributed by atoms with Crippen LogP contribution in [0.4, 0.5) is 4.79 Å². The third-order valence-corrected chi connectivity index (χ3v) is 2.97. The van der Waals surface area contributed by atoms with Crippen LogP contribution < -0.4 is 11.1 Å². The van der Waals surface area contributed by atoms with Gasteiger partial charge in [-0.15, -0.1) is 0 Å². The van der Waals surface area contributed by atoms with Crippen LogP contribution in [0.2, 0.25) is 0 Å². The van der Waals surface area contributed by atoms with Crippen LogP contribution >= 0.6 is 12.6 Å². The van der Waals surface area contributed by atoms with Crippen LogP contribution in [0.15, 0.2) is 0 Å². The molecule has 11 nitrogen and oxygen atoms in total. The van der Waals surface area contributed by atoms with E-state index in [1.807, 2.05) is 0 Å². The lowest BCUT2D eigenvalue weighted by Gasteiger charge is -2.22. The highest BCUT2D eigenvalue weighted by atomic mass is 32.1. The maximum absolute atomic E-state index is 11.9. The molecule has 12 heteroatoms. The van der Waals surface area contributed by atoms with Crippen LogP contribution in [0.1, 0.15) is 12.8 Å². The van der Waals surface area contributed by atoms with Crippen LogP contribution in [0, 0.1) is 0 Å². The van der Waals surface area contributed by atoms with Gasteiger partial charge in [-0.3, -0.25) is 19.2 Å². The summed E-state index contributed by atoms with van der Waals surface area (Å²) in [5.74, 6) is -5.02. The number of nitrogens with two attached hydrogens (primary N) is 1. The van der Waals surface area contributed by atoms with Crippen molar-refractivity contribution in [2.75, 3.05) is 12.3 Å². The number of nitrogens with one attached hydrogen (secondary N) is 1. The molecule has 0 aromatic heterocycles. The number of aliphatic carboxylic acids is 2. The first-order valence-corrected chi connectivity index (χ1v) is 6.88. The van der Waals surface area contributed by atoms with E-state index in [-0.39, 0.29) is 23.5 Å². The van der Waals surface area contributed by atoms with Gasteiger partial charge in [-0.1, -0.05) is 0 Å². The summed E-state index contributed by atoms with van der Waals surface area (Å²) in [5, 5.41) is 28.1. The van der Waals surface area contributed by atoms with Crippen LogP contribution in [-0.4, -0.2) is 74.4 Å². The zero-order valence-corrected chi connectivity index (χ0v) is 12.7. The lowest BCUT2D eigenvalue weighted by molar-refractivity contribution is -0.144. The summed E-state index contributed by atoms with van der Waals surface area (Å²) in [6.07, 6.45) is -2.28. The van der Waals surface area contributed by atoms with Gasteiger partial charge in [0.15, 0.2) is 0 Å². The lowest BCUT2D eigenvalue weighted by atomic mass is 10.1. The molecule has 3 amide bonds. The van der Waals surface area contributed by atoms with Crippen LogP contribution in [0.3, 0.4) is 0 Å². The maximum atomic E-state index is 11.9. The molecule has 0 bridgehead atoms. The van der Waals surface area contributed by atoms with Crippen molar-refractivity contribution < 1.29 is 39.3 Å². The number of amides is 3. The van der Waals surface area contributed by atoms with E-state index in [4.69, 9.17) is 21.1 Å². The highest BCUT2D eigenvalue weighted by Gasteiger charge is 2.30. The average Bonchev–Trinajstić information content (AvgIpc) is 2.46. The zero-order chi connectivity index (χ0) is 18.2. The largest absolute Gasteiger partial charge is 0.480 e. The Kier molecular flexibility index (Phi) is 8.65. The molecule has 0 heterocycles. The normalized spacial score (nSPS) is 12.8. The highest BCUT2D eigenvalue weighted by Crippen LogP contribution is 2.02. The second-order valence-electron chi connectivity index (χ2n) is 4.39. The van der Waals surface area contributed by atoms with Crippen molar-refractivity contribution in [3.05, 3.63) is 0 Å². The van der Waals surface area contributed by atoms with E-state index < -0.39 is 48.5 Å². The minimum absolute atomic E-state index is 0.0342. The molecule has 0 rings (SSSR count). The molecule has 0 radical (unpaired) electrons. The van der Waals surface area contributed by atoms with Gasteiger partial charge in [0, 0.05) is 12.2 Å². The molecule has 130 valence electrons. The van der Waals surface area contributed by atoms with Gasteiger partial charge < -0.3 is 26.4 Å². The van der Waals surface area contributed by atoms with Crippen LogP contribution in [-0.2, 0) is 19.2 Å². The first-order chi connectivity index (χ1) is 10.6. The van der Waals surface area contributed by atoms with Crippen molar-refractivity contribution in [1.82, 2.24) is 10.2 Å². The summed E-state index contributed by atoms with van der Waals surface area (Å²) < 4.78 is 0. The van der Waals surface area contributed by atoms with Gasteiger partial charge in [0.1, 0.15) is 18.6 Å². The minimum atomic E-state index is -1.79. The standard InChI is InChI=1S/C11H17N3O8S/c12-5(10(19)20)1-2-7(15)13-6(4-23)9(18)14(11(21)22)3-8(16)17/h5-6,23H,1-4,12H2,(H,13,15)(H,16,17)(H,19,20)(H,21,22). The third-order valence-electron chi connectivity index (χ3n) is 2.61. The molecule has 0 aliphatic carbocycles. The Balaban J connectivity index is 4.76. The summed E-state index contributed by atoms with van der Waals surface area (Å²) in [6.45, 7) is -1.09. The fourth-order valence-electron chi connectivity index (χ4n) is 1.43. The summed E-state index contributed by atoms with van der Waals surface area (Å²) in [7, 11) is 0. The second-order valence-corrected chi connectivity index (χ2v) is 4.75. The number of carbonyl (C=O) groups is 5. The SMILES string of the molecule is NC(CCC(=O)NC(CS)C(=O)N(CC(=O)O)C(=O)O)C(=O)O. The highest BCUT2D eigenvalue weighted by molar-refractivity contribution is 7.80. The lowest BCUT2D eigenvalue weighted by Crippen LogP contribution is -2.52. The van der Waals surface area contributed by atoms with E-state index in [9.17, 15) is 24.0 Å². The minimum Gasteiger partial charge on any atom is -0.480 e. The number of thiol groups is 1. The summed E-state index contributed by atoms with van der Waals surface area (Å²) in [5.41, 5.74) is 5.22. The van der Waals surface area contributed by atoms with Gasteiger partial charge in [0.05, 0.1) is 0 Å². The number of carboxylic acids is 2. The first-order valence-electron chi connectivity index (χ1n) is 6.24. The fraction of sp³-hybridized carbons (Fsp3) is 0.545. The number of imide groups is 1. The van der Waals surface area contributed by atoms with Crippen LogP contribution in [0.25, 0.3) is 0 Å². The molecule has 0 aliphatic rings. The average molecular weight is 351 g/mol. The Bertz CT molecular complexity index is 498. The van der Waals surface area contributed by atoms with Crippen molar-refractivity contribution >= 4 is 42.5 Å². The molecular formula is C11H17N3O8S. The van der Waals surface area contributed by atoms with E-state index >= 15 is 0 Å². The smallest absolute Gasteiger partial charge is 0.414 e. The molecule has 0 aromatic carbocycles. The molecule has 0 aromatic rings. The predicted octanol–water partition coefficient (Wildman–Crippen LogP) is -1.82. The molecule has 0 saturated carbocycles. The molecule has 23 heavy (non-hydrogen) atoms. The number of nitrogens with zero attached hydrogens (tertiary/aromatic N) is 1. The number of rotatable bonds is 9. The van der Waals surface area contributed by atoms with Gasteiger partial charge in [0.2, 0.25) is 5.91 Å². The quantitative estimate of drug-likeness (QED) is 0.260. The van der Waals surface area contributed by atoms with Crippen molar-refractivity contribution in [1.29, 1.82) is 0 Å². The number of hydrogen-bond acceptors (Lipinski definition) is 7. The van der Waals surface area contributed by atoms with E-state index in [2.05, 4.69) is 17.9 Å². The summed E-state index contributed by atoms with van der Waals surface area (Å²) >= 11 is 3.80. The third kappa shape index (κ3) is 7.46. The predicted molar refractivity (Wildman–Crippen MR) is 78.0 cm³/mol. The molecular weight excluding hydrogens is 334 g/mol. The molecule has 0 spiro atoms. The molecule has 0 fully saturated rings. The Hall–Kier alpha value is -2.34. The second kappa shape index (κ2) is 9.63. The Morgan fingerprint density at radius 3 is 2.09 bits per heavy atom. The first kappa shape index (κ1) is 20.7. The number of carboxylic acid groups (broad SMARTS) is 3. The summed E-state index contributed by atoms with van der Waals surface area (Å²) in [6, 6.07) is -2.63. The van der Waals surface area contributed by atoms with E-state index in [0.29, 0.717) is 0 Å². The molecule has 0 aliphatic heterocycles. The molecule has 0 saturated heterocycles. The molecule has 2 unspecified atom stereocenters. The van der Waals surface area contributed by atoms with Gasteiger partial charge >= 0.3 is 18.0 Å². The Morgan fingerprint density at radius 1 is 1.13 bits per heavy atom. The number of hydrogen-bond donors (Lipinski definition) is 6. The van der Waals surface area contributed by atoms with Gasteiger partial charge in [-0.2, -0.15) is 12.6 Å². The van der Waals surface area contributed by atoms with E-state index in [1.54, 1.807) is 0 Å². The van der Waals surface area contributed by atoms with Gasteiger partial charge in [0.25, 0.3) is 5.91 Å². The Morgan fingerprint density at radius 2 is 1.70 bits per heavy atom. The number of carbonyl (C=O) groups excluding carboxylic acids is 2. The van der Waals surface area contributed by atoms with E-state index in [1.165, 1.54) is 0 Å². The van der Waals surface area contributed by atoms with Crippen molar-refractivity contribution in [3.63, 3.8) is 0 Å². The van der Waals surface area contributed by atoms with Gasteiger partial charge in [-0.25, -0.2) is 9.69 Å². The van der Waals surface area contributed by atoms with Gasteiger partial charge in [-0.05, 0) is 6.42 Å². The van der Waals surface area contributed by atoms with Crippen molar-refractivity contribution in [3.8, 4) is 0 Å². The topological polar surface area (TPSA) is 187 Å². The summed E-state index contributed by atoms with van der Waals surface area (Å²) in [4.78, 5) is 55.6. The van der Waals surface area contributed by atoms with Crippen molar-refractivity contribution in [2.45, 2.75) is 24.9 Å². The maximum Gasteiger partial charge on any atom is 0.414 e. The fourth-order valence-corrected chi connectivity index (χ4v) is 1.67. The van der Waals surface area contributed by atoms with Crippen LogP contribution in [0.5, 0.6) is 0 Å². The molecule has 6 N–H and O–H groups in total. The molecule has 2 atom stereocenters. The van der Waals surface area contributed by atoms with E-state index in [0.717, 1.165) is 0 Å². The monoisotopic (exact) mass is 351 g/mol. The van der Waals surface area contributed by atoms with Crippen molar-refractivity contribution in [2.24, 2.45) is 5.73 Å². The Labute approximate surface area is 135 Å². The zero-order valence-electron chi connectivity index (χ0n) is 11.8.